The van der Waals surface area contributed by atoms with Gasteiger partial charge in [-0.05, 0) is 18.9 Å². The Hall–Kier alpha value is -2.87. The van der Waals surface area contributed by atoms with Gasteiger partial charge in [0.2, 0.25) is 5.88 Å². The third kappa shape index (κ3) is 2.88. The van der Waals surface area contributed by atoms with E-state index in [1.54, 1.807) is 12.3 Å². The maximum absolute atomic E-state index is 9.19. The van der Waals surface area contributed by atoms with Crippen molar-refractivity contribution >= 4 is 10.9 Å². The summed E-state index contributed by atoms with van der Waals surface area (Å²) in [6.07, 6.45) is 3.58. The van der Waals surface area contributed by atoms with Gasteiger partial charge in [-0.2, -0.15) is 5.26 Å². The second-order valence-electron chi connectivity index (χ2n) is 5.89. The zero-order chi connectivity index (χ0) is 16.4. The zero-order valence-corrected chi connectivity index (χ0v) is 13.4. The van der Waals surface area contributed by atoms with Crippen LogP contribution >= 0.6 is 0 Å². The van der Waals surface area contributed by atoms with Crippen LogP contribution in [-0.2, 0) is 0 Å². The molecule has 2 heterocycles. The molecule has 0 aliphatic carbocycles. The average Bonchev–Trinajstić information content (AvgIpc) is 2.97. The van der Waals surface area contributed by atoms with Gasteiger partial charge in [0.15, 0.2) is 0 Å². The molecular weight excluding hydrogens is 288 g/mol. The standard InChI is InChI=1S/C18H18N4O/c1-11(2)10-23-18-12(3)22-16(9-21-18)15-8-20-17-13(7-19)5-4-6-14(15)17/h4-6,8-9,11,20H,10H2,1-3H3. The van der Waals surface area contributed by atoms with E-state index in [1.807, 2.05) is 25.3 Å². The smallest absolute Gasteiger partial charge is 0.235 e. The summed E-state index contributed by atoms with van der Waals surface area (Å²) in [5.41, 5.74) is 3.90. The summed E-state index contributed by atoms with van der Waals surface area (Å²) in [5.74, 6) is 1.01. The summed E-state index contributed by atoms with van der Waals surface area (Å²) < 4.78 is 5.67. The summed E-state index contributed by atoms with van der Waals surface area (Å²) in [5, 5.41) is 10.2. The number of H-pyrrole nitrogens is 1. The quantitative estimate of drug-likeness (QED) is 0.794. The molecule has 0 bridgehead atoms. The molecule has 5 heteroatoms. The molecule has 116 valence electrons. The van der Waals surface area contributed by atoms with Crippen LogP contribution in [0.5, 0.6) is 5.88 Å². The Kier molecular flexibility index (Phi) is 3.98. The average molecular weight is 306 g/mol. The van der Waals surface area contributed by atoms with Crippen molar-refractivity contribution in [1.82, 2.24) is 15.0 Å². The van der Waals surface area contributed by atoms with Crippen molar-refractivity contribution in [3.8, 4) is 23.2 Å². The number of nitriles is 1. The molecule has 0 radical (unpaired) electrons. The normalized spacial score (nSPS) is 10.9. The lowest BCUT2D eigenvalue weighted by atomic mass is 10.1. The summed E-state index contributed by atoms with van der Waals surface area (Å²) in [4.78, 5) is 12.2. The highest BCUT2D eigenvalue weighted by atomic mass is 16.5. The van der Waals surface area contributed by atoms with E-state index >= 15 is 0 Å². The SMILES string of the molecule is Cc1nc(-c2c[nH]c3c(C#N)cccc23)cnc1OCC(C)C. The van der Waals surface area contributed by atoms with E-state index in [0.29, 0.717) is 24.0 Å². The molecule has 3 aromatic rings. The molecule has 0 aliphatic rings. The number of aromatic amines is 1. The van der Waals surface area contributed by atoms with Crippen molar-refractivity contribution in [3.05, 3.63) is 41.9 Å². The van der Waals surface area contributed by atoms with Crippen molar-refractivity contribution in [2.75, 3.05) is 6.61 Å². The molecule has 5 nitrogen and oxygen atoms in total. The van der Waals surface area contributed by atoms with Gasteiger partial charge in [-0.25, -0.2) is 9.97 Å². The van der Waals surface area contributed by atoms with Crippen LogP contribution in [0, 0.1) is 24.2 Å². The molecule has 1 N–H and O–H groups in total. The van der Waals surface area contributed by atoms with Crippen LogP contribution in [0.25, 0.3) is 22.2 Å². The first-order valence-corrected chi connectivity index (χ1v) is 7.57. The fraction of sp³-hybridized carbons (Fsp3) is 0.278. The first kappa shape index (κ1) is 15.0. The zero-order valence-electron chi connectivity index (χ0n) is 13.4. The van der Waals surface area contributed by atoms with E-state index in [-0.39, 0.29) is 0 Å². The first-order chi connectivity index (χ1) is 11.1. The first-order valence-electron chi connectivity index (χ1n) is 7.57. The molecule has 1 aromatic carbocycles. The monoisotopic (exact) mass is 306 g/mol. The van der Waals surface area contributed by atoms with Crippen molar-refractivity contribution in [1.29, 1.82) is 5.26 Å². The van der Waals surface area contributed by atoms with Gasteiger partial charge in [0.25, 0.3) is 0 Å². The van der Waals surface area contributed by atoms with E-state index in [2.05, 4.69) is 34.9 Å². The molecule has 0 saturated carbocycles. The number of nitrogens with zero attached hydrogens (tertiary/aromatic N) is 3. The molecular formula is C18H18N4O. The number of ether oxygens (including phenoxy) is 1. The number of hydrogen-bond donors (Lipinski definition) is 1. The van der Waals surface area contributed by atoms with Gasteiger partial charge < -0.3 is 9.72 Å². The van der Waals surface area contributed by atoms with Gasteiger partial charge in [0.05, 0.1) is 29.6 Å². The third-order valence-corrected chi connectivity index (χ3v) is 3.57. The fourth-order valence-corrected chi connectivity index (χ4v) is 2.45. The topological polar surface area (TPSA) is 74.6 Å². The predicted octanol–water partition coefficient (Wildman–Crippen LogP) is 3.84. The predicted molar refractivity (Wildman–Crippen MR) is 89.1 cm³/mol. The lowest BCUT2D eigenvalue weighted by Crippen LogP contribution is -2.07. The van der Waals surface area contributed by atoms with Crippen molar-refractivity contribution in [3.63, 3.8) is 0 Å². The second kappa shape index (κ2) is 6.09. The molecule has 0 fully saturated rings. The van der Waals surface area contributed by atoms with Crippen molar-refractivity contribution in [2.45, 2.75) is 20.8 Å². The number of para-hydroxylation sites is 1. The van der Waals surface area contributed by atoms with Crippen LogP contribution in [0.3, 0.4) is 0 Å². The van der Waals surface area contributed by atoms with Gasteiger partial charge in [-0.3, -0.25) is 0 Å². The highest BCUT2D eigenvalue weighted by Crippen LogP contribution is 2.29. The Bertz CT molecular complexity index is 890. The summed E-state index contributed by atoms with van der Waals surface area (Å²) in [7, 11) is 0. The van der Waals surface area contributed by atoms with E-state index in [1.165, 1.54) is 0 Å². The minimum atomic E-state index is 0.439. The van der Waals surface area contributed by atoms with Crippen LogP contribution in [0.2, 0.25) is 0 Å². The van der Waals surface area contributed by atoms with Gasteiger partial charge in [0.1, 0.15) is 11.8 Å². The molecule has 0 unspecified atom stereocenters. The minimum absolute atomic E-state index is 0.439. The number of hydrogen-bond acceptors (Lipinski definition) is 4. The number of aryl methyl sites for hydroxylation is 1. The maximum atomic E-state index is 9.19. The van der Waals surface area contributed by atoms with Crippen molar-refractivity contribution in [2.24, 2.45) is 5.92 Å². The second-order valence-corrected chi connectivity index (χ2v) is 5.89. The Morgan fingerprint density at radius 1 is 1.35 bits per heavy atom. The molecule has 23 heavy (non-hydrogen) atoms. The van der Waals surface area contributed by atoms with Gasteiger partial charge in [0, 0.05) is 17.1 Å². The van der Waals surface area contributed by atoms with Crippen LogP contribution in [-0.4, -0.2) is 21.6 Å². The molecule has 0 amide bonds. The number of aromatic nitrogens is 3. The highest BCUT2D eigenvalue weighted by Gasteiger charge is 2.12. The van der Waals surface area contributed by atoms with Crippen LogP contribution < -0.4 is 4.74 Å². The molecule has 0 spiro atoms. The summed E-state index contributed by atoms with van der Waals surface area (Å²) in [6.45, 7) is 6.70. The van der Waals surface area contributed by atoms with E-state index in [4.69, 9.17) is 4.74 Å². The molecule has 3 rings (SSSR count). The molecule has 2 aromatic heterocycles. The highest BCUT2D eigenvalue weighted by molar-refractivity contribution is 5.97. The molecule has 0 saturated heterocycles. The number of rotatable bonds is 4. The number of fused-ring (bicyclic) bond motifs is 1. The third-order valence-electron chi connectivity index (χ3n) is 3.57. The van der Waals surface area contributed by atoms with Crippen molar-refractivity contribution < 1.29 is 4.74 Å². The van der Waals surface area contributed by atoms with E-state index in [0.717, 1.165) is 27.9 Å². The van der Waals surface area contributed by atoms with E-state index in [9.17, 15) is 5.26 Å². The Balaban J connectivity index is 2.00. The minimum Gasteiger partial charge on any atom is -0.476 e. The van der Waals surface area contributed by atoms with Crippen LogP contribution in [0.15, 0.2) is 30.6 Å². The Morgan fingerprint density at radius 2 is 2.17 bits per heavy atom. The van der Waals surface area contributed by atoms with Crippen LogP contribution in [0.1, 0.15) is 25.1 Å². The number of benzene rings is 1. The largest absolute Gasteiger partial charge is 0.476 e. The maximum Gasteiger partial charge on any atom is 0.235 e. The summed E-state index contributed by atoms with van der Waals surface area (Å²) >= 11 is 0. The Morgan fingerprint density at radius 3 is 2.87 bits per heavy atom. The van der Waals surface area contributed by atoms with Gasteiger partial charge in [-0.1, -0.05) is 26.0 Å². The molecule has 0 aliphatic heterocycles. The number of nitrogens with one attached hydrogen (secondary N) is 1. The van der Waals surface area contributed by atoms with Crippen LogP contribution in [0.4, 0.5) is 0 Å². The Labute approximate surface area is 135 Å². The van der Waals surface area contributed by atoms with E-state index < -0.39 is 0 Å². The lowest BCUT2D eigenvalue weighted by molar-refractivity contribution is 0.258. The summed E-state index contributed by atoms with van der Waals surface area (Å²) in [6, 6.07) is 7.84. The van der Waals surface area contributed by atoms with Gasteiger partial charge in [-0.15, -0.1) is 0 Å². The fourth-order valence-electron chi connectivity index (χ4n) is 2.45. The van der Waals surface area contributed by atoms with Gasteiger partial charge >= 0.3 is 0 Å². The lowest BCUT2D eigenvalue weighted by Gasteiger charge is -2.10. The molecule has 0 atom stereocenters.